The summed E-state index contributed by atoms with van der Waals surface area (Å²) in [5.74, 6) is 0. The second-order valence-electron chi connectivity index (χ2n) is 4.51. The van der Waals surface area contributed by atoms with E-state index in [9.17, 15) is 0 Å². The van der Waals surface area contributed by atoms with Gasteiger partial charge in [0, 0.05) is 13.2 Å². The summed E-state index contributed by atoms with van der Waals surface area (Å²) in [6.07, 6.45) is 4.26. The number of aromatic nitrogens is 2. The van der Waals surface area contributed by atoms with Crippen LogP contribution in [0, 0.1) is 0 Å². The first-order valence-corrected chi connectivity index (χ1v) is 6.01. The zero-order chi connectivity index (χ0) is 12.0. The van der Waals surface area contributed by atoms with Gasteiger partial charge in [-0.25, -0.2) is 0 Å². The van der Waals surface area contributed by atoms with E-state index in [0.29, 0.717) is 6.04 Å². The molecule has 1 unspecified atom stereocenters. The van der Waals surface area contributed by atoms with Gasteiger partial charge in [0.05, 0.1) is 11.7 Å². The lowest BCUT2D eigenvalue weighted by atomic mass is 10.1. The normalized spacial score (nSPS) is 13.3. The average Bonchev–Trinajstić information content (AvgIpc) is 2.64. The number of aryl methyl sites for hydroxylation is 1. The molecule has 1 rings (SSSR count). The predicted octanol–water partition coefficient (Wildman–Crippen LogP) is 1.41. The van der Waals surface area contributed by atoms with E-state index in [2.05, 4.69) is 42.4 Å². The summed E-state index contributed by atoms with van der Waals surface area (Å²) in [6.45, 7) is 4.32. The number of nitrogens with one attached hydrogen (secondary N) is 1. The van der Waals surface area contributed by atoms with Crippen molar-refractivity contribution in [2.75, 3.05) is 27.2 Å². The monoisotopic (exact) mass is 224 g/mol. The first-order chi connectivity index (χ1) is 7.63. The maximum atomic E-state index is 4.48. The fourth-order valence-electron chi connectivity index (χ4n) is 1.68. The molecule has 0 bridgehead atoms. The third-order valence-corrected chi connectivity index (χ3v) is 2.60. The van der Waals surface area contributed by atoms with Gasteiger partial charge in [-0.2, -0.15) is 5.10 Å². The molecule has 0 fully saturated rings. The lowest BCUT2D eigenvalue weighted by Crippen LogP contribution is -2.26. The van der Waals surface area contributed by atoms with Crippen molar-refractivity contribution in [3.8, 4) is 0 Å². The minimum Gasteiger partial charge on any atom is -0.309 e. The Balaban J connectivity index is 2.55. The minimum absolute atomic E-state index is 0.378. The lowest BCUT2D eigenvalue weighted by Gasteiger charge is -2.18. The van der Waals surface area contributed by atoms with Crippen LogP contribution < -0.4 is 5.32 Å². The fraction of sp³-hybridized carbons (Fsp3) is 0.750. The Kier molecular flexibility index (Phi) is 5.49. The van der Waals surface area contributed by atoms with Crippen LogP contribution >= 0.6 is 0 Å². The van der Waals surface area contributed by atoms with Gasteiger partial charge in [0.15, 0.2) is 0 Å². The quantitative estimate of drug-likeness (QED) is 0.760. The van der Waals surface area contributed by atoms with Gasteiger partial charge < -0.3 is 10.2 Å². The highest BCUT2D eigenvalue weighted by atomic mass is 15.3. The number of hydrogen-bond acceptors (Lipinski definition) is 3. The van der Waals surface area contributed by atoms with Crippen molar-refractivity contribution >= 4 is 0 Å². The third kappa shape index (κ3) is 4.33. The van der Waals surface area contributed by atoms with Gasteiger partial charge >= 0.3 is 0 Å². The van der Waals surface area contributed by atoms with E-state index in [-0.39, 0.29) is 0 Å². The fourth-order valence-corrected chi connectivity index (χ4v) is 1.68. The summed E-state index contributed by atoms with van der Waals surface area (Å²) in [6, 6.07) is 2.48. The van der Waals surface area contributed by atoms with Gasteiger partial charge in [-0.3, -0.25) is 4.68 Å². The van der Waals surface area contributed by atoms with E-state index in [1.54, 1.807) is 0 Å². The Hall–Kier alpha value is -0.870. The maximum Gasteiger partial charge on any atom is 0.0794 e. The molecule has 0 saturated heterocycles. The van der Waals surface area contributed by atoms with Crippen LogP contribution in [0.15, 0.2) is 12.3 Å². The van der Waals surface area contributed by atoms with Gasteiger partial charge in [0.25, 0.3) is 0 Å². The van der Waals surface area contributed by atoms with Gasteiger partial charge in [-0.1, -0.05) is 6.92 Å². The van der Waals surface area contributed by atoms with E-state index in [1.165, 1.54) is 0 Å². The van der Waals surface area contributed by atoms with Crippen molar-refractivity contribution in [1.82, 2.24) is 20.0 Å². The number of rotatable bonds is 7. The van der Waals surface area contributed by atoms with Crippen LogP contribution in [0.1, 0.15) is 31.5 Å². The summed E-state index contributed by atoms with van der Waals surface area (Å²) >= 11 is 0. The van der Waals surface area contributed by atoms with Crippen LogP contribution in [-0.4, -0.2) is 41.9 Å². The van der Waals surface area contributed by atoms with E-state index in [4.69, 9.17) is 0 Å². The highest BCUT2D eigenvalue weighted by Crippen LogP contribution is 2.14. The minimum atomic E-state index is 0.378. The summed E-state index contributed by atoms with van der Waals surface area (Å²) in [7, 11) is 6.18. The molecule has 0 radical (unpaired) electrons. The molecule has 0 aromatic carbocycles. The molecule has 4 nitrogen and oxygen atoms in total. The Bertz CT molecular complexity index is 293. The van der Waals surface area contributed by atoms with Crippen molar-refractivity contribution < 1.29 is 0 Å². The van der Waals surface area contributed by atoms with Crippen LogP contribution in [-0.2, 0) is 7.05 Å². The average molecular weight is 224 g/mol. The molecule has 1 aromatic rings. The Morgan fingerprint density at radius 2 is 2.25 bits per heavy atom. The SMILES string of the molecule is CCCNC(CCN(C)C)c1ccn(C)n1. The van der Waals surface area contributed by atoms with Gasteiger partial charge in [0.1, 0.15) is 0 Å². The molecule has 0 aliphatic heterocycles. The predicted molar refractivity (Wildman–Crippen MR) is 67.4 cm³/mol. The third-order valence-electron chi connectivity index (χ3n) is 2.60. The van der Waals surface area contributed by atoms with Gasteiger partial charge in [-0.15, -0.1) is 0 Å². The molecule has 0 saturated carbocycles. The maximum absolute atomic E-state index is 4.48. The molecule has 92 valence electrons. The first-order valence-electron chi connectivity index (χ1n) is 6.01. The van der Waals surface area contributed by atoms with Crippen LogP contribution in [0.25, 0.3) is 0 Å². The van der Waals surface area contributed by atoms with Crippen LogP contribution in [0.2, 0.25) is 0 Å². The molecule has 0 spiro atoms. The molecule has 4 heteroatoms. The van der Waals surface area contributed by atoms with Crippen molar-refractivity contribution in [2.24, 2.45) is 7.05 Å². The van der Waals surface area contributed by atoms with E-state index in [1.807, 2.05) is 17.9 Å². The van der Waals surface area contributed by atoms with Gasteiger partial charge in [0.2, 0.25) is 0 Å². The highest BCUT2D eigenvalue weighted by Gasteiger charge is 2.13. The standard InChI is InChI=1S/C12H24N4/c1-5-8-13-11(6-9-15(2)3)12-7-10-16(4)14-12/h7,10-11,13H,5-6,8-9H2,1-4H3. The zero-order valence-electron chi connectivity index (χ0n) is 10.9. The van der Waals surface area contributed by atoms with Crippen LogP contribution in [0.5, 0.6) is 0 Å². The Morgan fingerprint density at radius 1 is 1.50 bits per heavy atom. The smallest absolute Gasteiger partial charge is 0.0794 e. The number of nitrogens with zero attached hydrogens (tertiary/aromatic N) is 3. The topological polar surface area (TPSA) is 33.1 Å². The van der Waals surface area contributed by atoms with Crippen LogP contribution in [0.3, 0.4) is 0 Å². The molecule has 0 amide bonds. The molecular formula is C12H24N4. The molecule has 1 heterocycles. The Labute approximate surface area is 98.6 Å². The van der Waals surface area contributed by atoms with Gasteiger partial charge in [-0.05, 0) is 46.1 Å². The van der Waals surface area contributed by atoms with Crippen molar-refractivity contribution in [3.05, 3.63) is 18.0 Å². The molecular weight excluding hydrogens is 200 g/mol. The zero-order valence-corrected chi connectivity index (χ0v) is 10.9. The van der Waals surface area contributed by atoms with Crippen LogP contribution in [0.4, 0.5) is 0 Å². The molecule has 1 aromatic heterocycles. The molecule has 1 atom stereocenters. The molecule has 0 aliphatic carbocycles. The van der Waals surface area contributed by atoms with Crippen molar-refractivity contribution in [2.45, 2.75) is 25.8 Å². The summed E-state index contributed by atoms with van der Waals surface area (Å²) in [4.78, 5) is 2.21. The largest absolute Gasteiger partial charge is 0.309 e. The Morgan fingerprint density at radius 3 is 2.75 bits per heavy atom. The summed E-state index contributed by atoms with van der Waals surface area (Å²) in [5, 5.41) is 8.03. The second-order valence-corrected chi connectivity index (χ2v) is 4.51. The summed E-state index contributed by atoms with van der Waals surface area (Å²) < 4.78 is 1.87. The highest BCUT2D eigenvalue weighted by molar-refractivity contribution is 5.05. The summed E-state index contributed by atoms with van der Waals surface area (Å²) in [5.41, 5.74) is 1.15. The second kappa shape index (κ2) is 6.66. The molecule has 0 aliphatic rings. The molecule has 16 heavy (non-hydrogen) atoms. The lowest BCUT2D eigenvalue weighted by molar-refractivity contribution is 0.357. The van der Waals surface area contributed by atoms with Crippen molar-refractivity contribution in [1.29, 1.82) is 0 Å². The van der Waals surface area contributed by atoms with Crippen molar-refractivity contribution in [3.63, 3.8) is 0 Å². The first kappa shape index (κ1) is 13.2. The van der Waals surface area contributed by atoms with E-state index < -0.39 is 0 Å². The number of hydrogen-bond donors (Lipinski definition) is 1. The van der Waals surface area contributed by atoms with E-state index >= 15 is 0 Å². The molecule has 1 N–H and O–H groups in total. The van der Waals surface area contributed by atoms with E-state index in [0.717, 1.165) is 31.6 Å².